The number of carbonyl (C=O) groups is 1. The highest BCUT2D eigenvalue weighted by Crippen LogP contribution is 2.29. The van der Waals surface area contributed by atoms with E-state index in [1.54, 1.807) is 6.92 Å². The maximum Gasteiger partial charge on any atom is 0.294 e. The highest BCUT2D eigenvalue weighted by atomic mass is 35.5. The number of nitro benzene ring substituents is 1. The van der Waals surface area contributed by atoms with Gasteiger partial charge in [-0.05, 0) is 24.6 Å². The third kappa shape index (κ3) is 3.58. The third-order valence-electron chi connectivity index (χ3n) is 3.11. The molecule has 6 heteroatoms. The summed E-state index contributed by atoms with van der Waals surface area (Å²) >= 11 is 5.74. The summed E-state index contributed by atoms with van der Waals surface area (Å²) in [6.07, 6.45) is 0. The molecular weight excluding hydrogens is 292 g/mol. The largest absolute Gasteiger partial charge is 0.320 e. The normalized spacial score (nSPS) is 11.7. The number of anilines is 1. The van der Waals surface area contributed by atoms with Crippen molar-refractivity contribution in [2.45, 2.75) is 12.8 Å². The molecule has 5 nitrogen and oxygen atoms in total. The van der Waals surface area contributed by atoms with Crippen molar-refractivity contribution in [1.82, 2.24) is 0 Å². The van der Waals surface area contributed by atoms with E-state index in [2.05, 4.69) is 5.32 Å². The monoisotopic (exact) mass is 304 g/mol. The highest BCUT2D eigenvalue weighted by Gasteiger charge is 2.20. The van der Waals surface area contributed by atoms with Crippen LogP contribution < -0.4 is 5.32 Å². The minimum absolute atomic E-state index is 0.136. The van der Waals surface area contributed by atoms with Gasteiger partial charge in [0.05, 0.1) is 10.8 Å². The van der Waals surface area contributed by atoms with Gasteiger partial charge in [-0.1, -0.05) is 41.9 Å². The van der Waals surface area contributed by atoms with Crippen LogP contribution in [0.1, 0.15) is 18.4 Å². The minimum Gasteiger partial charge on any atom is -0.320 e. The number of rotatable bonds is 4. The van der Waals surface area contributed by atoms with Crippen molar-refractivity contribution >= 4 is 28.9 Å². The molecule has 108 valence electrons. The van der Waals surface area contributed by atoms with Gasteiger partial charge >= 0.3 is 0 Å². The summed E-state index contributed by atoms with van der Waals surface area (Å²) in [5, 5.41) is 13.8. The van der Waals surface area contributed by atoms with Crippen LogP contribution in [0.2, 0.25) is 5.02 Å². The molecule has 0 aliphatic heterocycles. The molecule has 0 saturated heterocycles. The molecule has 2 aromatic carbocycles. The lowest BCUT2D eigenvalue weighted by atomic mass is 10.0. The number of nitrogens with zero attached hydrogens (tertiary/aromatic N) is 1. The van der Waals surface area contributed by atoms with Gasteiger partial charge in [-0.15, -0.1) is 0 Å². The molecule has 0 saturated carbocycles. The second kappa shape index (κ2) is 6.37. The Morgan fingerprint density at radius 1 is 1.24 bits per heavy atom. The zero-order valence-electron chi connectivity index (χ0n) is 11.2. The van der Waals surface area contributed by atoms with E-state index in [1.807, 2.05) is 30.3 Å². The Balaban J connectivity index is 2.22. The summed E-state index contributed by atoms with van der Waals surface area (Å²) in [6.45, 7) is 1.74. The van der Waals surface area contributed by atoms with Crippen molar-refractivity contribution in [2.75, 3.05) is 5.32 Å². The topological polar surface area (TPSA) is 72.2 Å². The van der Waals surface area contributed by atoms with Crippen molar-refractivity contribution in [3.05, 3.63) is 69.2 Å². The number of halogens is 1. The summed E-state index contributed by atoms with van der Waals surface area (Å²) in [7, 11) is 0. The van der Waals surface area contributed by atoms with E-state index in [1.165, 1.54) is 18.2 Å². The maximum absolute atomic E-state index is 12.2. The number of hydrogen-bond acceptors (Lipinski definition) is 3. The first-order valence-corrected chi connectivity index (χ1v) is 6.66. The average molecular weight is 305 g/mol. The standard InChI is InChI=1S/C15H13ClN2O3/c1-10(11-5-3-2-4-6-11)15(19)17-13-8-7-12(16)9-14(13)18(20)21/h2-10H,1H3,(H,17,19). The Morgan fingerprint density at radius 2 is 1.90 bits per heavy atom. The van der Waals surface area contributed by atoms with Gasteiger partial charge in [-0.25, -0.2) is 0 Å². The third-order valence-corrected chi connectivity index (χ3v) is 3.34. The highest BCUT2D eigenvalue weighted by molar-refractivity contribution is 6.31. The van der Waals surface area contributed by atoms with E-state index >= 15 is 0 Å². The Kier molecular flexibility index (Phi) is 4.55. The molecule has 0 aromatic heterocycles. The van der Waals surface area contributed by atoms with E-state index < -0.39 is 10.8 Å². The number of benzene rings is 2. The molecule has 1 unspecified atom stereocenters. The predicted molar refractivity (Wildman–Crippen MR) is 81.6 cm³/mol. The second-order valence-corrected chi connectivity index (χ2v) is 4.98. The SMILES string of the molecule is CC(C(=O)Nc1ccc(Cl)cc1[N+](=O)[O-])c1ccccc1. The molecule has 0 aliphatic carbocycles. The van der Waals surface area contributed by atoms with E-state index in [0.717, 1.165) is 5.56 Å². The van der Waals surface area contributed by atoms with Gasteiger partial charge in [0, 0.05) is 11.1 Å². The maximum atomic E-state index is 12.2. The average Bonchev–Trinajstić information content (AvgIpc) is 2.49. The van der Waals surface area contributed by atoms with Crippen LogP contribution in [0, 0.1) is 10.1 Å². The van der Waals surface area contributed by atoms with Gasteiger partial charge in [0.1, 0.15) is 5.69 Å². The molecule has 0 fully saturated rings. The number of carbonyl (C=O) groups excluding carboxylic acids is 1. The van der Waals surface area contributed by atoms with Crippen LogP contribution in [-0.2, 0) is 4.79 Å². The first-order chi connectivity index (χ1) is 9.99. The van der Waals surface area contributed by atoms with E-state index in [-0.39, 0.29) is 22.3 Å². The number of nitro groups is 1. The Hall–Kier alpha value is -2.40. The van der Waals surface area contributed by atoms with Crippen molar-refractivity contribution in [1.29, 1.82) is 0 Å². The van der Waals surface area contributed by atoms with E-state index in [9.17, 15) is 14.9 Å². The van der Waals surface area contributed by atoms with Gasteiger partial charge in [0.25, 0.3) is 5.69 Å². The molecular formula is C15H13ClN2O3. The van der Waals surface area contributed by atoms with Crippen LogP contribution in [-0.4, -0.2) is 10.8 Å². The molecule has 21 heavy (non-hydrogen) atoms. The second-order valence-electron chi connectivity index (χ2n) is 4.54. The minimum atomic E-state index is -0.575. The quantitative estimate of drug-likeness (QED) is 0.685. The van der Waals surface area contributed by atoms with Gasteiger partial charge in [0.2, 0.25) is 5.91 Å². The molecule has 0 bridgehead atoms. The number of hydrogen-bond donors (Lipinski definition) is 1. The molecule has 0 radical (unpaired) electrons. The summed E-state index contributed by atoms with van der Waals surface area (Å²) in [6, 6.07) is 13.3. The molecule has 1 atom stereocenters. The lowest BCUT2D eigenvalue weighted by Gasteiger charge is -2.12. The zero-order chi connectivity index (χ0) is 15.4. The Morgan fingerprint density at radius 3 is 2.52 bits per heavy atom. The first kappa shape index (κ1) is 15.0. The predicted octanol–water partition coefficient (Wildman–Crippen LogP) is 3.99. The van der Waals surface area contributed by atoms with Gasteiger partial charge in [0.15, 0.2) is 0 Å². The molecule has 0 aliphatic rings. The van der Waals surface area contributed by atoms with Crippen molar-refractivity contribution in [3.8, 4) is 0 Å². The Bertz CT molecular complexity index is 674. The fraction of sp³-hybridized carbons (Fsp3) is 0.133. The molecule has 2 aromatic rings. The van der Waals surface area contributed by atoms with Gasteiger partial charge in [-0.2, -0.15) is 0 Å². The van der Waals surface area contributed by atoms with Crippen LogP contribution in [0.25, 0.3) is 0 Å². The molecule has 2 rings (SSSR count). The first-order valence-electron chi connectivity index (χ1n) is 6.29. The zero-order valence-corrected chi connectivity index (χ0v) is 12.0. The number of amides is 1. The lowest BCUT2D eigenvalue weighted by Crippen LogP contribution is -2.19. The van der Waals surface area contributed by atoms with E-state index in [0.29, 0.717) is 0 Å². The van der Waals surface area contributed by atoms with Crippen LogP contribution in [0.5, 0.6) is 0 Å². The van der Waals surface area contributed by atoms with Gasteiger partial charge < -0.3 is 5.32 Å². The fourth-order valence-electron chi connectivity index (χ4n) is 1.90. The van der Waals surface area contributed by atoms with Crippen molar-refractivity contribution in [3.63, 3.8) is 0 Å². The lowest BCUT2D eigenvalue weighted by molar-refractivity contribution is -0.383. The molecule has 0 heterocycles. The van der Waals surface area contributed by atoms with Crippen molar-refractivity contribution in [2.24, 2.45) is 0 Å². The van der Waals surface area contributed by atoms with Crippen LogP contribution in [0.15, 0.2) is 48.5 Å². The molecule has 1 N–H and O–H groups in total. The van der Waals surface area contributed by atoms with Crippen LogP contribution in [0.4, 0.5) is 11.4 Å². The molecule has 0 spiro atoms. The van der Waals surface area contributed by atoms with Gasteiger partial charge in [-0.3, -0.25) is 14.9 Å². The van der Waals surface area contributed by atoms with E-state index in [4.69, 9.17) is 11.6 Å². The fourth-order valence-corrected chi connectivity index (χ4v) is 2.06. The number of nitrogens with one attached hydrogen (secondary N) is 1. The molecule has 1 amide bonds. The summed E-state index contributed by atoms with van der Waals surface area (Å²) in [4.78, 5) is 22.6. The summed E-state index contributed by atoms with van der Waals surface area (Å²) in [5.41, 5.74) is 0.750. The van der Waals surface area contributed by atoms with Crippen LogP contribution in [0.3, 0.4) is 0 Å². The summed E-state index contributed by atoms with van der Waals surface area (Å²) in [5.74, 6) is -0.729. The smallest absolute Gasteiger partial charge is 0.294 e. The van der Waals surface area contributed by atoms with Crippen LogP contribution >= 0.6 is 11.6 Å². The summed E-state index contributed by atoms with van der Waals surface area (Å²) < 4.78 is 0. The Labute approximate surface area is 126 Å². The van der Waals surface area contributed by atoms with Crippen molar-refractivity contribution < 1.29 is 9.72 Å².